The van der Waals surface area contributed by atoms with Crippen molar-refractivity contribution < 1.29 is 9.53 Å². The molecule has 1 atom stereocenters. The number of carbonyl (C=O) groups excluding carboxylic acids is 1. The van der Waals surface area contributed by atoms with Crippen molar-refractivity contribution in [3.05, 3.63) is 29.8 Å². The highest BCUT2D eigenvalue weighted by molar-refractivity contribution is 5.81. The molecule has 1 fully saturated rings. The maximum Gasteiger partial charge on any atom is 0.237 e. The molecule has 4 heteroatoms. The Kier molecular flexibility index (Phi) is 5.62. The van der Waals surface area contributed by atoms with Gasteiger partial charge in [-0.15, -0.1) is 0 Å². The van der Waals surface area contributed by atoms with Crippen molar-refractivity contribution in [3.63, 3.8) is 0 Å². The van der Waals surface area contributed by atoms with Gasteiger partial charge in [-0.25, -0.2) is 0 Å². The van der Waals surface area contributed by atoms with Crippen LogP contribution in [0.1, 0.15) is 32.3 Å². The molecule has 0 aromatic heterocycles. The minimum absolute atomic E-state index is 0.0628. The zero-order valence-corrected chi connectivity index (χ0v) is 13.3. The normalized spacial score (nSPS) is 18.2. The maximum absolute atomic E-state index is 12.3. The average molecular weight is 290 g/mol. The number of hydrogen-bond acceptors (Lipinski definition) is 3. The molecule has 1 unspecified atom stereocenters. The third kappa shape index (κ3) is 4.21. The van der Waals surface area contributed by atoms with Crippen LogP contribution in [0.25, 0.3) is 0 Å². The van der Waals surface area contributed by atoms with Crippen LogP contribution in [0, 0.1) is 5.92 Å². The van der Waals surface area contributed by atoms with Crippen molar-refractivity contribution in [2.75, 3.05) is 20.2 Å². The van der Waals surface area contributed by atoms with Crippen LogP contribution in [0.4, 0.5) is 0 Å². The molecule has 1 aromatic carbocycles. The lowest BCUT2D eigenvalue weighted by Crippen LogP contribution is -2.47. The predicted octanol–water partition coefficient (Wildman–Crippen LogP) is 2.43. The molecule has 0 saturated carbocycles. The lowest BCUT2D eigenvalue weighted by atomic mass is 9.98. The van der Waals surface area contributed by atoms with E-state index in [1.165, 1.54) is 12.8 Å². The Hall–Kier alpha value is -1.55. The number of hydrogen-bond donors (Lipinski definition) is 1. The molecule has 0 aliphatic carbocycles. The molecule has 4 nitrogen and oxygen atoms in total. The van der Waals surface area contributed by atoms with E-state index in [0.717, 1.165) is 30.3 Å². The summed E-state index contributed by atoms with van der Waals surface area (Å²) in [5.41, 5.74) is 1.01. The molecule has 0 bridgehead atoms. The van der Waals surface area contributed by atoms with Gasteiger partial charge in [-0.1, -0.05) is 25.1 Å². The first-order chi connectivity index (χ1) is 10.1. The zero-order chi connectivity index (χ0) is 15.2. The second-order valence-electron chi connectivity index (χ2n) is 5.92. The van der Waals surface area contributed by atoms with Gasteiger partial charge in [0.15, 0.2) is 0 Å². The van der Waals surface area contributed by atoms with Gasteiger partial charge in [0.25, 0.3) is 0 Å². The van der Waals surface area contributed by atoms with E-state index in [4.69, 9.17) is 4.74 Å². The first kappa shape index (κ1) is 15.8. The Bertz CT molecular complexity index is 468. The van der Waals surface area contributed by atoms with Gasteiger partial charge >= 0.3 is 0 Å². The van der Waals surface area contributed by atoms with Gasteiger partial charge in [-0.3, -0.25) is 9.69 Å². The molecule has 1 saturated heterocycles. The van der Waals surface area contributed by atoms with Crippen LogP contribution in [0.3, 0.4) is 0 Å². The standard InChI is InChI=1S/C17H26N2O2/c1-13-8-10-19(11-9-13)14(2)17(20)18-12-15-6-4-5-7-16(15)21-3/h4-7,13-14H,8-12H2,1-3H3,(H,18,20). The fraction of sp³-hybridized carbons (Fsp3) is 0.588. The summed E-state index contributed by atoms with van der Waals surface area (Å²) in [6.45, 7) is 6.82. The zero-order valence-electron chi connectivity index (χ0n) is 13.3. The van der Waals surface area contributed by atoms with Gasteiger partial charge < -0.3 is 10.1 Å². The lowest BCUT2D eigenvalue weighted by Gasteiger charge is -2.34. The van der Waals surface area contributed by atoms with Crippen molar-refractivity contribution in [3.8, 4) is 5.75 Å². The molecule has 1 N–H and O–H groups in total. The van der Waals surface area contributed by atoms with Gasteiger partial charge in [-0.2, -0.15) is 0 Å². The second-order valence-corrected chi connectivity index (χ2v) is 5.92. The minimum Gasteiger partial charge on any atom is -0.496 e. The number of amides is 1. The SMILES string of the molecule is COc1ccccc1CNC(=O)C(C)N1CCC(C)CC1. The smallest absolute Gasteiger partial charge is 0.237 e. The molecular weight excluding hydrogens is 264 g/mol. The van der Waals surface area contributed by atoms with E-state index in [-0.39, 0.29) is 11.9 Å². The number of nitrogens with zero attached hydrogens (tertiary/aromatic N) is 1. The summed E-state index contributed by atoms with van der Waals surface area (Å²) in [6, 6.07) is 7.72. The highest BCUT2D eigenvalue weighted by Crippen LogP contribution is 2.19. The molecule has 116 valence electrons. The van der Waals surface area contributed by atoms with Crippen LogP contribution in [0.2, 0.25) is 0 Å². The second kappa shape index (κ2) is 7.46. The molecule has 1 aliphatic heterocycles. The Morgan fingerprint density at radius 1 is 1.38 bits per heavy atom. The van der Waals surface area contributed by atoms with E-state index >= 15 is 0 Å². The van der Waals surface area contributed by atoms with Crippen LogP contribution in [0.15, 0.2) is 24.3 Å². The van der Waals surface area contributed by atoms with Crippen molar-refractivity contribution in [1.29, 1.82) is 0 Å². The summed E-state index contributed by atoms with van der Waals surface area (Å²) >= 11 is 0. The van der Waals surface area contributed by atoms with Crippen molar-refractivity contribution in [2.24, 2.45) is 5.92 Å². The molecule has 21 heavy (non-hydrogen) atoms. The number of ether oxygens (including phenoxy) is 1. The Morgan fingerprint density at radius 3 is 2.71 bits per heavy atom. The number of likely N-dealkylation sites (tertiary alicyclic amines) is 1. The fourth-order valence-corrected chi connectivity index (χ4v) is 2.76. The summed E-state index contributed by atoms with van der Waals surface area (Å²) in [7, 11) is 1.65. The summed E-state index contributed by atoms with van der Waals surface area (Å²) in [6.07, 6.45) is 2.37. The largest absolute Gasteiger partial charge is 0.496 e. The first-order valence-electron chi connectivity index (χ1n) is 7.75. The third-order valence-electron chi connectivity index (χ3n) is 4.39. The van der Waals surface area contributed by atoms with Gasteiger partial charge in [0.2, 0.25) is 5.91 Å². The number of methoxy groups -OCH3 is 1. The predicted molar refractivity (Wildman–Crippen MR) is 84.3 cm³/mol. The van der Waals surface area contributed by atoms with Crippen LogP contribution >= 0.6 is 0 Å². The summed E-state index contributed by atoms with van der Waals surface area (Å²) in [4.78, 5) is 14.6. The van der Waals surface area contributed by atoms with Crippen molar-refractivity contribution in [2.45, 2.75) is 39.3 Å². The fourth-order valence-electron chi connectivity index (χ4n) is 2.76. The monoisotopic (exact) mass is 290 g/mol. The lowest BCUT2D eigenvalue weighted by molar-refractivity contribution is -0.126. The third-order valence-corrected chi connectivity index (χ3v) is 4.39. The van der Waals surface area contributed by atoms with Crippen molar-refractivity contribution >= 4 is 5.91 Å². The number of carbonyl (C=O) groups is 1. The van der Waals surface area contributed by atoms with Crippen LogP contribution in [-0.2, 0) is 11.3 Å². The number of para-hydroxylation sites is 1. The highest BCUT2D eigenvalue weighted by Gasteiger charge is 2.24. The van der Waals surface area contributed by atoms with Gasteiger partial charge in [0.1, 0.15) is 5.75 Å². The van der Waals surface area contributed by atoms with Crippen LogP contribution in [-0.4, -0.2) is 37.0 Å². The Morgan fingerprint density at radius 2 is 2.05 bits per heavy atom. The number of piperidine rings is 1. The highest BCUT2D eigenvalue weighted by atomic mass is 16.5. The average Bonchev–Trinajstić information content (AvgIpc) is 2.52. The number of rotatable bonds is 5. The maximum atomic E-state index is 12.3. The van der Waals surface area contributed by atoms with E-state index in [1.807, 2.05) is 31.2 Å². The first-order valence-corrected chi connectivity index (χ1v) is 7.75. The summed E-state index contributed by atoms with van der Waals surface area (Å²) in [5, 5.41) is 3.02. The molecule has 0 radical (unpaired) electrons. The van der Waals surface area contributed by atoms with Crippen LogP contribution < -0.4 is 10.1 Å². The topological polar surface area (TPSA) is 41.6 Å². The molecule has 1 aliphatic rings. The van der Waals surface area contributed by atoms with E-state index in [0.29, 0.717) is 6.54 Å². The van der Waals surface area contributed by atoms with Gasteiger partial charge in [-0.05, 0) is 44.8 Å². The minimum atomic E-state index is -0.0628. The molecular formula is C17H26N2O2. The summed E-state index contributed by atoms with van der Waals surface area (Å²) in [5.74, 6) is 1.69. The molecule has 2 rings (SSSR count). The van der Waals surface area contributed by atoms with E-state index in [1.54, 1.807) is 7.11 Å². The molecule has 1 aromatic rings. The molecule has 1 heterocycles. The van der Waals surface area contributed by atoms with E-state index in [2.05, 4.69) is 17.1 Å². The molecule has 0 spiro atoms. The van der Waals surface area contributed by atoms with Gasteiger partial charge in [0, 0.05) is 12.1 Å². The van der Waals surface area contributed by atoms with Crippen LogP contribution in [0.5, 0.6) is 5.75 Å². The Labute approximate surface area is 127 Å². The Balaban J connectivity index is 1.86. The van der Waals surface area contributed by atoms with E-state index in [9.17, 15) is 4.79 Å². The van der Waals surface area contributed by atoms with Crippen molar-refractivity contribution in [1.82, 2.24) is 10.2 Å². The molecule has 1 amide bonds. The number of benzene rings is 1. The van der Waals surface area contributed by atoms with E-state index < -0.39 is 0 Å². The number of nitrogens with one attached hydrogen (secondary N) is 1. The van der Waals surface area contributed by atoms with Gasteiger partial charge in [0.05, 0.1) is 13.2 Å². The summed E-state index contributed by atoms with van der Waals surface area (Å²) < 4.78 is 5.30. The quantitative estimate of drug-likeness (QED) is 0.905.